The van der Waals surface area contributed by atoms with Crippen molar-refractivity contribution in [1.82, 2.24) is 14.5 Å². The highest BCUT2D eigenvalue weighted by molar-refractivity contribution is 7.91. The molecular weight excluding hydrogens is 378 g/mol. The summed E-state index contributed by atoms with van der Waals surface area (Å²) in [6.07, 6.45) is 5.47. The molecule has 0 aliphatic carbocycles. The number of hydrogen-bond acceptors (Lipinski definition) is 6. The second-order valence-corrected chi connectivity index (χ2v) is 10.6. The standard InChI is InChI=1S/C20H35N3O4S/c1-16(2)12-23-18(14-22(3)13-17-6-9-26-10-7-17)11-21-20(23)28(24,25)15-19-5-4-8-27-19/h11,16-17,19H,4-10,12-15H2,1-3H3. The molecule has 28 heavy (non-hydrogen) atoms. The van der Waals surface area contributed by atoms with Crippen LogP contribution in [0.25, 0.3) is 0 Å². The van der Waals surface area contributed by atoms with Crippen LogP contribution in [0, 0.1) is 11.8 Å². The number of nitrogens with zero attached hydrogens (tertiary/aromatic N) is 3. The lowest BCUT2D eigenvalue weighted by Gasteiger charge is -2.27. The van der Waals surface area contributed by atoms with Gasteiger partial charge in [0.25, 0.3) is 0 Å². The molecule has 7 nitrogen and oxygen atoms in total. The van der Waals surface area contributed by atoms with Gasteiger partial charge in [0.2, 0.25) is 15.0 Å². The van der Waals surface area contributed by atoms with Gasteiger partial charge < -0.3 is 18.9 Å². The smallest absolute Gasteiger partial charge is 0.227 e. The van der Waals surface area contributed by atoms with E-state index in [0.29, 0.717) is 31.5 Å². The largest absolute Gasteiger partial charge is 0.381 e. The van der Waals surface area contributed by atoms with Crippen molar-refractivity contribution in [3.8, 4) is 0 Å². The molecule has 1 aromatic heterocycles. The highest BCUT2D eigenvalue weighted by Gasteiger charge is 2.30. The first-order valence-electron chi connectivity index (χ1n) is 10.5. The average Bonchev–Trinajstić information content (AvgIpc) is 3.26. The third-order valence-corrected chi connectivity index (χ3v) is 7.19. The highest BCUT2D eigenvalue weighted by Crippen LogP contribution is 2.22. The molecule has 1 atom stereocenters. The van der Waals surface area contributed by atoms with Crippen LogP contribution in [0.15, 0.2) is 11.4 Å². The van der Waals surface area contributed by atoms with Gasteiger partial charge in [-0.15, -0.1) is 0 Å². The normalized spacial score (nSPS) is 21.8. The predicted octanol–water partition coefficient (Wildman–Crippen LogP) is 2.35. The average molecular weight is 414 g/mol. The van der Waals surface area contributed by atoms with Crippen molar-refractivity contribution in [2.75, 3.05) is 39.2 Å². The Hall–Kier alpha value is -0.960. The SMILES string of the molecule is CC(C)Cn1c(CN(C)CC2CCOCC2)cnc1S(=O)(=O)CC1CCCO1. The Labute approximate surface area is 169 Å². The molecule has 1 unspecified atom stereocenters. The van der Waals surface area contributed by atoms with Gasteiger partial charge in [-0.2, -0.15) is 0 Å². The minimum atomic E-state index is -3.47. The van der Waals surface area contributed by atoms with Crippen LogP contribution >= 0.6 is 0 Å². The summed E-state index contributed by atoms with van der Waals surface area (Å²) in [6, 6.07) is 0. The third-order valence-electron chi connectivity index (χ3n) is 5.50. The van der Waals surface area contributed by atoms with Gasteiger partial charge in [-0.05, 0) is 44.6 Å². The van der Waals surface area contributed by atoms with Gasteiger partial charge >= 0.3 is 0 Å². The molecule has 2 fully saturated rings. The van der Waals surface area contributed by atoms with Gasteiger partial charge in [0, 0.05) is 39.5 Å². The van der Waals surface area contributed by atoms with Crippen LogP contribution in [0.4, 0.5) is 0 Å². The van der Waals surface area contributed by atoms with Crippen LogP contribution in [0.1, 0.15) is 45.2 Å². The van der Waals surface area contributed by atoms with Crippen molar-refractivity contribution in [3.63, 3.8) is 0 Å². The molecule has 2 saturated heterocycles. The summed E-state index contributed by atoms with van der Waals surface area (Å²) in [5.41, 5.74) is 0.967. The maximum atomic E-state index is 13.0. The van der Waals surface area contributed by atoms with E-state index < -0.39 is 9.84 Å². The van der Waals surface area contributed by atoms with Gasteiger partial charge in [-0.25, -0.2) is 13.4 Å². The molecular formula is C20H35N3O4S. The number of hydrogen-bond donors (Lipinski definition) is 0. The first-order chi connectivity index (χ1) is 13.3. The Morgan fingerprint density at radius 1 is 1.25 bits per heavy atom. The lowest BCUT2D eigenvalue weighted by molar-refractivity contribution is 0.0547. The monoisotopic (exact) mass is 413 g/mol. The van der Waals surface area contributed by atoms with Crippen LogP contribution in [0.2, 0.25) is 0 Å². The molecule has 1 aromatic rings. The van der Waals surface area contributed by atoms with Crippen molar-refractivity contribution < 1.29 is 17.9 Å². The van der Waals surface area contributed by atoms with Crippen LogP contribution in [0.5, 0.6) is 0 Å². The van der Waals surface area contributed by atoms with Crippen LogP contribution < -0.4 is 0 Å². The minimum Gasteiger partial charge on any atom is -0.381 e. The number of sulfone groups is 1. The predicted molar refractivity (Wildman–Crippen MR) is 108 cm³/mol. The van der Waals surface area contributed by atoms with Gasteiger partial charge in [-0.3, -0.25) is 0 Å². The summed E-state index contributed by atoms with van der Waals surface area (Å²) in [5.74, 6) is 1.01. The fourth-order valence-electron chi connectivity index (χ4n) is 4.13. The molecule has 0 radical (unpaired) electrons. The molecule has 160 valence electrons. The topological polar surface area (TPSA) is 73.7 Å². The molecule has 2 aliphatic heterocycles. The molecule has 0 spiro atoms. The van der Waals surface area contributed by atoms with E-state index in [0.717, 1.165) is 51.1 Å². The second kappa shape index (κ2) is 9.69. The Balaban J connectivity index is 1.73. The van der Waals surface area contributed by atoms with Gasteiger partial charge in [0.15, 0.2) is 0 Å². The summed E-state index contributed by atoms with van der Waals surface area (Å²) in [7, 11) is -1.37. The zero-order valence-corrected chi connectivity index (χ0v) is 18.3. The number of ether oxygens (including phenoxy) is 2. The second-order valence-electron chi connectivity index (χ2n) is 8.71. The summed E-state index contributed by atoms with van der Waals surface area (Å²) in [6.45, 7) is 8.90. The molecule has 0 bridgehead atoms. The molecule has 0 saturated carbocycles. The first-order valence-corrected chi connectivity index (χ1v) is 12.2. The van der Waals surface area contributed by atoms with Crippen LogP contribution in [-0.4, -0.2) is 68.1 Å². The maximum absolute atomic E-state index is 13.0. The zero-order chi connectivity index (χ0) is 20.1. The number of aromatic nitrogens is 2. The van der Waals surface area contributed by atoms with Crippen molar-refractivity contribution >= 4 is 9.84 Å². The van der Waals surface area contributed by atoms with E-state index >= 15 is 0 Å². The maximum Gasteiger partial charge on any atom is 0.227 e. The molecule has 0 amide bonds. The molecule has 0 N–H and O–H groups in total. The lowest BCUT2D eigenvalue weighted by Crippen LogP contribution is -2.30. The Morgan fingerprint density at radius 3 is 2.64 bits per heavy atom. The quantitative estimate of drug-likeness (QED) is 0.619. The van der Waals surface area contributed by atoms with Gasteiger partial charge in [-0.1, -0.05) is 13.8 Å². The first kappa shape index (κ1) is 21.7. The summed E-state index contributed by atoms with van der Waals surface area (Å²) < 4.78 is 38.9. The molecule has 2 aliphatic rings. The zero-order valence-electron chi connectivity index (χ0n) is 17.5. The van der Waals surface area contributed by atoms with E-state index in [1.165, 1.54) is 0 Å². The van der Waals surface area contributed by atoms with Crippen molar-refractivity contribution in [2.24, 2.45) is 11.8 Å². The van der Waals surface area contributed by atoms with E-state index in [1.807, 2.05) is 4.57 Å². The highest BCUT2D eigenvalue weighted by atomic mass is 32.2. The van der Waals surface area contributed by atoms with E-state index in [2.05, 4.69) is 30.8 Å². The number of imidazole rings is 1. The third kappa shape index (κ3) is 5.78. The fourth-order valence-corrected chi connectivity index (χ4v) is 5.78. The van der Waals surface area contributed by atoms with Crippen LogP contribution in [0.3, 0.4) is 0 Å². The van der Waals surface area contributed by atoms with Crippen LogP contribution in [-0.2, 0) is 32.4 Å². The summed E-state index contributed by atoms with van der Waals surface area (Å²) in [4.78, 5) is 6.63. The van der Waals surface area contributed by atoms with E-state index in [4.69, 9.17) is 9.47 Å². The van der Waals surface area contributed by atoms with Crippen molar-refractivity contribution in [1.29, 1.82) is 0 Å². The van der Waals surface area contributed by atoms with Crippen molar-refractivity contribution in [2.45, 2.75) is 63.9 Å². The van der Waals surface area contributed by atoms with E-state index in [-0.39, 0.29) is 17.0 Å². The lowest BCUT2D eigenvalue weighted by atomic mass is 10.00. The summed E-state index contributed by atoms with van der Waals surface area (Å²) in [5, 5.41) is 0.200. The molecule has 3 rings (SSSR count). The fraction of sp³-hybridized carbons (Fsp3) is 0.850. The summed E-state index contributed by atoms with van der Waals surface area (Å²) >= 11 is 0. The van der Waals surface area contributed by atoms with E-state index in [9.17, 15) is 8.42 Å². The molecule has 8 heteroatoms. The Bertz CT molecular complexity index is 720. The van der Waals surface area contributed by atoms with Crippen molar-refractivity contribution in [3.05, 3.63) is 11.9 Å². The van der Waals surface area contributed by atoms with Gasteiger partial charge in [0.1, 0.15) is 0 Å². The van der Waals surface area contributed by atoms with Gasteiger partial charge in [0.05, 0.1) is 23.7 Å². The molecule has 3 heterocycles. The Morgan fingerprint density at radius 2 is 2.00 bits per heavy atom. The number of rotatable bonds is 9. The Kier molecular flexibility index (Phi) is 7.53. The van der Waals surface area contributed by atoms with E-state index in [1.54, 1.807) is 6.20 Å². The minimum absolute atomic E-state index is 0.0272. The molecule has 0 aromatic carbocycles.